The quantitative estimate of drug-likeness (QED) is 0.884. The lowest BCUT2D eigenvalue weighted by Gasteiger charge is -2.37. The standard InChI is InChI=1S/C15H26N4O/c1-12(2)19-10-5-4-6-13(19)15(20)17-8-7-14-16-9-11-18(14)3/h9,11-13H,4-8,10H2,1-3H3,(H,17,20). The summed E-state index contributed by atoms with van der Waals surface area (Å²) in [5.41, 5.74) is 0. The molecule has 0 bridgehead atoms. The van der Waals surface area contributed by atoms with Gasteiger partial charge in [-0.1, -0.05) is 6.42 Å². The molecule has 0 radical (unpaired) electrons. The van der Waals surface area contributed by atoms with Crippen molar-refractivity contribution in [3.63, 3.8) is 0 Å². The fourth-order valence-corrected chi connectivity index (χ4v) is 2.91. The number of amides is 1. The highest BCUT2D eigenvalue weighted by Crippen LogP contribution is 2.19. The number of nitrogens with zero attached hydrogens (tertiary/aromatic N) is 3. The van der Waals surface area contributed by atoms with Crippen LogP contribution < -0.4 is 5.32 Å². The van der Waals surface area contributed by atoms with E-state index in [-0.39, 0.29) is 11.9 Å². The van der Waals surface area contributed by atoms with Gasteiger partial charge in [0.1, 0.15) is 5.82 Å². The number of piperidine rings is 1. The van der Waals surface area contributed by atoms with Crippen LogP contribution in [-0.2, 0) is 18.3 Å². The molecular weight excluding hydrogens is 252 g/mol. The van der Waals surface area contributed by atoms with Crippen LogP contribution >= 0.6 is 0 Å². The van der Waals surface area contributed by atoms with Crippen LogP contribution in [0.15, 0.2) is 12.4 Å². The number of hydrogen-bond acceptors (Lipinski definition) is 3. The Kier molecular flexibility index (Phi) is 5.17. The Labute approximate surface area is 121 Å². The van der Waals surface area contributed by atoms with Gasteiger partial charge in [0.05, 0.1) is 6.04 Å². The Morgan fingerprint density at radius 2 is 2.30 bits per heavy atom. The zero-order valence-corrected chi connectivity index (χ0v) is 12.8. The molecule has 0 spiro atoms. The van der Waals surface area contributed by atoms with Gasteiger partial charge in [0.15, 0.2) is 0 Å². The van der Waals surface area contributed by atoms with Crippen molar-refractivity contribution in [2.45, 2.75) is 51.6 Å². The summed E-state index contributed by atoms with van der Waals surface area (Å²) in [6.07, 6.45) is 7.84. The molecule has 5 nitrogen and oxygen atoms in total. The van der Waals surface area contributed by atoms with Crippen LogP contribution in [0.25, 0.3) is 0 Å². The van der Waals surface area contributed by atoms with Gasteiger partial charge in [0.2, 0.25) is 5.91 Å². The number of hydrogen-bond donors (Lipinski definition) is 1. The van der Waals surface area contributed by atoms with E-state index in [2.05, 4.69) is 29.0 Å². The molecule has 1 aromatic heterocycles. The van der Waals surface area contributed by atoms with Crippen LogP contribution in [0.3, 0.4) is 0 Å². The van der Waals surface area contributed by atoms with Gasteiger partial charge in [0.25, 0.3) is 0 Å². The van der Waals surface area contributed by atoms with Crippen molar-refractivity contribution in [3.05, 3.63) is 18.2 Å². The third-order valence-corrected chi connectivity index (χ3v) is 4.08. The van der Waals surface area contributed by atoms with Gasteiger partial charge in [-0.05, 0) is 33.2 Å². The zero-order chi connectivity index (χ0) is 14.5. The number of aromatic nitrogens is 2. The summed E-state index contributed by atoms with van der Waals surface area (Å²) in [5.74, 6) is 1.18. The summed E-state index contributed by atoms with van der Waals surface area (Å²) in [4.78, 5) is 18.9. The number of aryl methyl sites for hydroxylation is 1. The highest BCUT2D eigenvalue weighted by Gasteiger charge is 2.29. The Morgan fingerprint density at radius 3 is 2.95 bits per heavy atom. The maximum absolute atomic E-state index is 12.3. The lowest BCUT2D eigenvalue weighted by Crippen LogP contribution is -2.52. The van der Waals surface area contributed by atoms with E-state index < -0.39 is 0 Å². The topological polar surface area (TPSA) is 50.2 Å². The maximum Gasteiger partial charge on any atom is 0.237 e. The molecule has 2 rings (SSSR count). The number of imidazole rings is 1. The summed E-state index contributed by atoms with van der Waals surface area (Å²) in [5, 5.41) is 3.07. The lowest BCUT2D eigenvalue weighted by atomic mass is 9.99. The Bertz CT molecular complexity index is 441. The van der Waals surface area contributed by atoms with E-state index in [1.807, 2.05) is 17.8 Å². The normalized spacial score (nSPS) is 20.3. The molecule has 1 aromatic rings. The molecule has 1 amide bonds. The fourth-order valence-electron chi connectivity index (χ4n) is 2.91. The second kappa shape index (κ2) is 6.88. The second-order valence-electron chi connectivity index (χ2n) is 5.84. The minimum absolute atomic E-state index is 0.0464. The largest absolute Gasteiger partial charge is 0.354 e. The molecule has 1 aliphatic rings. The van der Waals surface area contributed by atoms with Crippen molar-refractivity contribution in [1.82, 2.24) is 19.8 Å². The van der Waals surface area contributed by atoms with Crippen LogP contribution in [0.5, 0.6) is 0 Å². The molecule has 2 heterocycles. The molecule has 5 heteroatoms. The van der Waals surface area contributed by atoms with Crippen LogP contribution in [0.4, 0.5) is 0 Å². The third kappa shape index (κ3) is 3.60. The molecule has 1 unspecified atom stereocenters. The molecule has 1 N–H and O–H groups in total. The number of carbonyl (C=O) groups excluding carboxylic acids is 1. The van der Waals surface area contributed by atoms with Gasteiger partial charge in [-0.2, -0.15) is 0 Å². The van der Waals surface area contributed by atoms with Crippen molar-refractivity contribution in [2.75, 3.05) is 13.1 Å². The summed E-state index contributed by atoms with van der Waals surface area (Å²) < 4.78 is 1.99. The van der Waals surface area contributed by atoms with Crippen LogP contribution in [-0.4, -0.2) is 45.5 Å². The number of rotatable bonds is 5. The molecule has 1 aliphatic heterocycles. The lowest BCUT2D eigenvalue weighted by molar-refractivity contribution is -0.128. The predicted molar refractivity (Wildman–Crippen MR) is 79.4 cm³/mol. The van der Waals surface area contributed by atoms with E-state index in [0.29, 0.717) is 12.6 Å². The minimum Gasteiger partial charge on any atom is -0.354 e. The smallest absolute Gasteiger partial charge is 0.237 e. The molecule has 20 heavy (non-hydrogen) atoms. The van der Waals surface area contributed by atoms with E-state index in [1.165, 1.54) is 6.42 Å². The van der Waals surface area contributed by atoms with Gasteiger partial charge in [-0.25, -0.2) is 4.98 Å². The highest BCUT2D eigenvalue weighted by molar-refractivity contribution is 5.81. The summed E-state index contributed by atoms with van der Waals surface area (Å²) in [6, 6.07) is 0.478. The maximum atomic E-state index is 12.3. The molecule has 0 saturated carbocycles. The van der Waals surface area contributed by atoms with Gasteiger partial charge < -0.3 is 9.88 Å². The van der Waals surface area contributed by atoms with Gasteiger partial charge in [0, 0.05) is 38.4 Å². The average molecular weight is 278 g/mol. The molecule has 1 saturated heterocycles. The van der Waals surface area contributed by atoms with Crippen molar-refractivity contribution in [3.8, 4) is 0 Å². The average Bonchev–Trinajstić information content (AvgIpc) is 2.84. The van der Waals surface area contributed by atoms with E-state index in [0.717, 1.165) is 31.6 Å². The molecule has 112 valence electrons. The first-order chi connectivity index (χ1) is 9.59. The molecule has 1 atom stereocenters. The van der Waals surface area contributed by atoms with E-state index in [9.17, 15) is 4.79 Å². The molecule has 0 aromatic carbocycles. The van der Waals surface area contributed by atoms with Crippen LogP contribution in [0.1, 0.15) is 38.9 Å². The fraction of sp³-hybridized carbons (Fsp3) is 0.733. The molecule has 1 fully saturated rings. The Balaban J connectivity index is 1.83. The van der Waals surface area contributed by atoms with Crippen molar-refractivity contribution >= 4 is 5.91 Å². The highest BCUT2D eigenvalue weighted by atomic mass is 16.2. The van der Waals surface area contributed by atoms with E-state index >= 15 is 0 Å². The molecule has 0 aliphatic carbocycles. The van der Waals surface area contributed by atoms with Gasteiger partial charge >= 0.3 is 0 Å². The SMILES string of the molecule is CC(C)N1CCCCC1C(=O)NCCc1nccn1C. The van der Waals surface area contributed by atoms with Crippen LogP contribution in [0, 0.1) is 0 Å². The minimum atomic E-state index is 0.0464. The Morgan fingerprint density at radius 1 is 1.50 bits per heavy atom. The number of carbonyl (C=O) groups is 1. The first-order valence-corrected chi connectivity index (χ1v) is 7.59. The zero-order valence-electron chi connectivity index (χ0n) is 12.8. The predicted octanol–water partition coefficient (Wildman–Crippen LogP) is 1.34. The van der Waals surface area contributed by atoms with Gasteiger partial charge in [-0.3, -0.25) is 9.69 Å². The summed E-state index contributed by atoms with van der Waals surface area (Å²) in [6.45, 7) is 6.03. The van der Waals surface area contributed by atoms with Gasteiger partial charge in [-0.15, -0.1) is 0 Å². The summed E-state index contributed by atoms with van der Waals surface area (Å²) >= 11 is 0. The van der Waals surface area contributed by atoms with E-state index in [4.69, 9.17) is 0 Å². The third-order valence-electron chi connectivity index (χ3n) is 4.08. The summed E-state index contributed by atoms with van der Waals surface area (Å²) in [7, 11) is 1.98. The van der Waals surface area contributed by atoms with Crippen LogP contribution in [0.2, 0.25) is 0 Å². The first-order valence-electron chi connectivity index (χ1n) is 7.59. The van der Waals surface area contributed by atoms with Crippen molar-refractivity contribution in [2.24, 2.45) is 7.05 Å². The molecular formula is C15H26N4O. The second-order valence-corrected chi connectivity index (χ2v) is 5.84. The Hall–Kier alpha value is -1.36. The first kappa shape index (κ1) is 15.0. The monoisotopic (exact) mass is 278 g/mol. The number of likely N-dealkylation sites (tertiary alicyclic amines) is 1. The van der Waals surface area contributed by atoms with Crippen molar-refractivity contribution in [1.29, 1.82) is 0 Å². The number of nitrogens with one attached hydrogen (secondary N) is 1. The van der Waals surface area contributed by atoms with E-state index in [1.54, 1.807) is 6.20 Å². The van der Waals surface area contributed by atoms with Crippen molar-refractivity contribution < 1.29 is 4.79 Å².